The lowest BCUT2D eigenvalue weighted by atomic mass is 10.1. The molecule has 2 aromatic rings. The van der Waals surface area contributed by atoms with Gasteiger partial charge in [0.2, 0.25) is 0 Å². The lowest BCUT2D eigenvalue weighted by molar-refractivity contribution is 0.675. The molecule has 1 aromatic heterocycles. The molecule has 1 unspecified atom stereocenters. The maximum absolute atomic E-state index is 8.88. The molecule has 0 aliphatic heterocycles. The van der Waals surface area contributed by atoms with Gasteiger partial charge >= 0.3 is 0 Å². The van der Waals surface area contributed by atoms with Crippen LogP contribution in [0.3, 0.4) is 0 Å². The maximum atomic E-state index is 8.88. The van der Waals surface area contributed by atoms with Crippen LogP contribution in [-0.4, -0.2) is 6.54 Å². The molecule has 0 saturated heterocycles. The SMILES string of the molecule is CCC(C#N)CNc1csc2ccccc12. The summed E-state index contributed by atoms with van der Waals surface area (Å²) in [5.74, 6) is 0.0960. The summed E-state index contributed by atoms with van der Waals surface area (Å²) in [6.45, 7) is 2.77. The van der Waals surface area contributed by atoms with Gasteiger partial charge in [-0.25, -0.2) is 0 Å². The smallest absolute Gasteiger partial charge is 0.0674 e. The summed E-state index contributed by atoms with van der Waals surface area (Å²) in [5, 5.41) is 15.6. The highest BCUT2D eigenvalue weighted by Crippen LogP contribution is 2.29. The van der Waals surface area contributed by atoms with Gasteiger partial charge in [-0.1, -0.05) is 25.1 Å². The van der Waals surface area contributed by atoms with Gasteiger partial charge in [0, 0.05) is 22.0 Å². The molecule has 0 aliphatic carbocycles. The van der Waals surface area contributed by atoms with E-state index in [0.29, 0.717) is 0 Å². The molecule has 82 valence electrons. The number of nitrogens with one attached hydrogen (secondary N) is 1. The molecule has 1 atom stereocenters. The van der Waals surface area contributed by atoms with Crippen LogP contribution in [-0.2, 0) is 0 Å². The zero-order valence-electron chi connectivity index (χ0n) is 9.23. The Kier molecular flexibility index (Phi) is 3.43. The van der Waals surface area contributed by atoms with Crippen molar-refractivity contribution < 1.29 is 0 Å². The van der Waals surface area contributed by atoms with Crippen molar-refractivity contribution in [3.05, 3.63) is 29.6 Å². The molecular formula is C13H14N2S. The van der Waals surface area contributed by atoms with Crippen molar-refractivity contribution in [1.82, 2.24) is 0 Å². The zero-order chi connectivity index (χ0) is 11.4. The van der Waals surface area contributed by atoms with E-state index in [4.69, 9.17) is 5.26 Å². The number of nitrogens with zero attached hydrogens (tertiary/aromatic N) is 1. The number of thiophene rings is 1. The molecule has 0 bridgehead atoms. The van der Waals surface area contributed by atoms with Crippen molar-refractivity contribution in [3.8, 4) is 6.07 Å². The second-order valence-corrected chi connectivity index (χ2v) is 4.67. The summed E-state index contributed by atoms with van der Waals surface area (Å²) in [6, 6.07) is 10.6. The molecular weight excluding hydrogens is 216 g/mol. The van der Waals surface area contributed by atoms with Gasteiger partial charge in [0.25, 0.3) is 0 Å². The Morgan fingerprint density at radius 2 is 2.25 bits per heavy atom. The van der Waals surface area contributed by atoms with Gasteiger partial charge in [-0.3, -0.25) is 0 Å². The third kappa shape index (κ3) is 2.17. The van der Waals surface area contributed by atoms with E-state index >= 15 is 0 Å². The number of hydrogen-bond donors (Lipinski definition) is 1. The number of rotatable bonds is 4. The van der Waals surface area contributed by atoms with Crippen LogP contribution >= 0.6 is 11.3 Å². The van der Waals surface area contributed by atoms with Gasteiger partial charge in [-0.15, -0.1) is 11.3 Å². The van der Waals surface area contributed by atoms with Crippen LogP contribution in [0.1, 0.15) is 13.3 Å². The lowest BCUT2D eigenvalue weighted by Gasteiger charge is -2.08. The van der Waals surface area contributed by atoms with E-state index in [-0.39, 0.29) is 5.92 Å². The number of benzene rings is 1. The topological polar surface area (TPSA) is 35.8 Å². The van der Waals surface area contributed by atoms with Crippen molar-refractivity contribution in [3.63, 3.8) is 0 Å². The van der Waals surface area contributed by atoms with Gasteiger partial charge in [0.15, 0.2) is 0 Å². The van der Waals surface area contributed by atoms with Gasteiger partial charge in [-0.2, -0.15) is 5.26 Å². The molecule has 1 aromatic carbocycles. The fraction of sp³-hybridized carbons (Fsp3) is 0.308. The molecule has 0 saturated carbocycles. The third-order valence-electron chi connectivity index (χ3n) is 2.70. The first-order chi connectivity index (χ1) is 7.85. The van der Waals surface area contributed by atoms with Crippen molar-refractivity contribution in [2.24, 2.45) is 5.92 Å². The van der Waals surface area contributed by atoms with Gasteiger partial charge < -0.3 is 5.32 Å². The van der Waals surface area contributed by atoms with Gasteiger partial charge in [0.05, 0.1) is 17.7 Å². The first-order valence-electron chi connectivity index (χ1n) is 5.45. The number of anilines is 1. The Morgan fingerprint density at radius 3 is 3.00 bits per heavy atom. The molecule has 0 spiro atoms. The highest BCUT2D eigenvalue weighted by atomic mass is 32.1. The molecule has 1 heterocycles. The second kappa shape index (κ2) is 5.00. The van der Waals surface area contributed by atoms with Crippen LogP contribution in [0, 0.1) is 17.2 Å². The molecule has 0 amide bonds. The average molecular weight is 230 g/mol. The molecule has 0 fully saturated rings. The lowest BCUT2D eigenvalue weighted by Crippen LogP contribution is -2.11. The van der Waals surface area contributed by atoms with Crippen LogP contribution in [0.25, 0.3) is 10.1 Å². The molecule has 16 heavy (non-hydrogen) atoms. The van der Waals surface area contributed by atoms with E-state index in [9.17, 15) is 0 Å². The highest BCUT2D eigenvalue weighted by Gasteiger charge is 2.06. The Balaban J connectivity index is 2.13. The average Bonchev–Trinajstić information content (AvgIpc) is 2.74. The molecule has 0 radical (unpaired) electrons. The van der Waals surface area contributed by atoms with Crippen LogP contribution < -0.4 is 5.32 Å². The van der Waals surface area contributed by atoms with E-state index in [1.807, 2.05) is 19.1 Å². The summed E-state index contributed by atoms with van der Waals surface area (Å²) in [4.78, 5) is 0. The first kappa shape index (κ1) is 11.0. The summed E-state index contributed by atoms with van der Waals surface area (Å²) in [5.41, 5.74) is 1.15. The Morgan fingerprint density at radius 1 is 1.44 bits per heavy atom. The predicted octanol–water partition coefficient (Wildman–Crippen LogP) is 3.86. The second-order valence-electron chi connectivity index (χ2n) is 3.76. The summed E-state index contributed by atoms with van der Waals surface area (Å²) in [7, 11) is 0. The normalized spacial score (nSPS) is 12.2. The fourth-order valence-corrected chi connectivity index (χ4v) is 2.55. The molecule has 2 nitrogen and oxygen atoms in total. The number of hydrogen-bond acceptors (Lipinski definition) is 3. The summed E-state index contributed by atoms with van der Waals surface area (Å²) >= 11 is 1.74. The fourth-order valence-electron chi connectivity index (χ4n) is 1.63. The molecule has 0 aliphatic rings. The van der Waals surface area contributed by atoms with E-state index in [0.717, 1.165) is 18.7 Å². The number of nitriles is 1. The molecule has 3 heteroatoms. The van der Waals surface area contributed by atoms with Gasteiger partial charge in [0.1, 0.15) is 0 Å². The summed E-state index contributed by atoms with van der Waals surface area (Å²) in [6.07, 6.45) is 0.894. The third-order valence-corrected chi connectivity index (χ3v) is 3.66. The van der Waals surface area contributed by atoms with Crippen LogP contribution in [0.4, 0.5) is 5.69 Å². The van der Waals surface area contributed by atoms with Crippen LogP contribution in [0.15, 0.2) is 29.6 Å². The van der Waals surface area contributed by atoms with Crippen molar-refractivity contribution in [2.45, 2.75) is 13.3 Å². The largest absolute Gasteiger partial charge is 0.383 e. The van der Waals surface area contributed by atoms with E-state index < -0.39 is 0 Å². The monoisotopic (exact) mass is 230 g/mol. The highest BCUT2D eigenvalue weighted by molar-refractivity contribution is 7.17. The quantitative estimate of drug-likeness (QED) is 0.865. The van der Waals surface area contributed by atoms with Crippen LogP contribution in [0.2, 0.25) is 0 Å². The minimum absolute atomic E-state index is 0.0960. The zero-order valence-corrected chi connectivity index (χ0v) is 10.1. The maximum Gasteiger partial charge on any atom is 0.0674 e. The Labute approximate surface area is 99.5 Å². The number of fused-ring (bicyclic) bond motifs is 1. The van der Waals surface area contributed by atoms with Gasteiger partial charge in [-0.05, 0) is 12.5 Å². The van der Waals surface area contributed by atoms with E-state index in [2.05, 4.69) is 28.9 Å². The summed E-state index contributed by atoms with van der Waals surface area (Å²) < 4.78 is 1.29. The van der Waals surface area contributed by atoms with Crippen molar-refractivity contribution in [1.29, 1.82) is 5.26 Å². The van der Waals surface area contributed by atoms with E-state index in [1.165, 1.54) is 10.1 Å². The minimum Gasteiger partial charge on any atom is -0.383 e. The molecule has 1 N–H and O–H groups in total. The predicted molar refractivity (Wildman–Crippen MR) is 69.7 cm³/mol. The standard InChI is InChI=1S/C13H14N2S/c1-2-10(7-14)8-15-12-9-16-13-6-4-3-5-11(12)13/h3-6,9-10,15H,2,8H2,1H3. The molecule has 2 rings (SSSR count). The van der Waals surface area contributed by atoms with Crippen molar-refractivity contribution >= 4 is 27.1 Å². The Hall–Kier alpha value is -1.53. The van der Waals surface area contributed by atoms with E-state index in [1.54, 1.807) is 11.3 Å². The minimum atomic E-state index is 0.0960. The van der Waals surface area contributed by atoms with Crippen LogP contribution in [0.5, 0.6) is 0 Å². The Bertz CT molecular complexity index is 510. The first-order valence-corrected chi connectivity index (χ1v) is 6.32. The van der Waals surface area contributed by atoms with Crippen molar-refractivity contribution in [2.75, 3.05) is 11.9 Å².